The molecule has 3 heteroatoms. The van der Waals surface area contributed by atoms with Crippen molar-refractivity contribution in [3.05, 3.63) is 0 Å². The van der Waals surface area contributed by atoms with Gasteiger partial charge in [-0.1, -0.05) is 19.8 Å². The first-order chi connectivity index (χ1) is 9.22. The quantitative estimate of drug-likeness (QED) is 0.823. The number of nitrogens with one attached hydrogen (secondary N) is 2. The van der Waals surface area contributed by atoms with Gasteiger partial charge in [-0.15, -0.1) is 0 Å². The van der Waals surface area contributed by atoms with Crippen LogP contribution in [-0.2, 0) is 4.79 Å². The van der Waals surface area contributed by atoms with Crippen molar-refractivity contribution < 1.29 is 4.79 Å². The van der Waals surface area contributed by atoms with Crippen molar-refractivity contribution in [3.8, 4) is 0 Å². The van der Waals surface area contributed by atoms with Gasteiger partial charge in [-0.2, -0.15) is 0 Å². The van der Waals surface area contributed by atoms with Crippen LogP contribution in [0.25, 0.3) is 0 Å². The Morgan fingerprint density at radius 2 is 1.95 bits per heavy atom. The Balaban J connectivity index is 1.55. The third-order valence-electron chi connectivity index (χ3n) is 5.84. The Bertz CT molecular complexity index is 332. The maximum atomic E-state index is 12.5. The normalized spacial score (nSPS) is 37.0. The molecule has 0 aromatic rings. The van der Waals surface area contributed by atoms with Crippen LogP contribution in [0.4, 0.5) is 0 Å². The Labute approximate surface area is 116 Å². The van der Waals surface area contributed by atoms with Crippen molar-refractivity contribution in [2.75, 3.05) is 0 Å². The van der Waals surface area contributed by atoms with Gasteiger partial charge in [0.15, 0.2) is 0 Å². The second-order valence-corrected chi connectivity index (χ2v) is 6.92. The molecule has 3 unspecified atom stereocenters. The highest BCUT2D eigenvalue weighted by Crippen LogP contribution is 2.36. The molecule has 1 amide bonds. The van der Waals surface area contributed by atoms with Crippen LogP contribution in [0.15, 0.2) is 0 Å². The zero-order chi connectivity index (χ0) is 13.3. The summed E-state index contributed by atoms with van der Waals surface area (Å²) in [7, 11) is 0. The lowest BCUT2D eigenvalue weighted by molar-refractivity contribution is -0.127. The van der Waals surface area contributed by atoms with Crippen molar-refractivity contribution in [3.63, 3.8) is 0 Å². The van der Waals surface area contributed by atoms with Crippen LogP contribution in [0, 0.1) is 5.92 Å². The summed E-state index contributed by atoms with van der Waals surface area (Å²) >= 11 is 0. The molecular weight excluding hydrogens is 236 g/mol. The van der Waals surface area contributed by atoms with Gasteiger partial charge in [-0.05, 0) is 57.3 Å². The Hall–Kier alpha value is -0.570. The first-order valence-electron chi connectivity index (χ1n) is 8.30. The summed E-state index contributed by atoms with van der Waals surface area (Å²) in [4.78, 5) is 12.5. The second kappa shape index (κ2) is 5.43. The van der Waals surface area contributed by atoms with Crippen LogP contribution < -0.4 is 10.6 Å². The van der Waals surface area contributed by atoms with Gasteiger partial charge in [-0.25, -0.2) is 0 Å². The second-order valence-electron chi connectivity index (χ2n) is 6.92. The lowest BCUT2D eigenvalue weighted by Crippen LogP contribution is -2.61. The molecule has 108 valence electrons. The third-order valence-corrected chi connectivity index (χ3v) is 5.84. The van der Waals surface area contributed by atoms with Crippen LogP contribution >= 0.6 is 0 Å². The fourth-order valence-corrected chi connectivity index (χ4v) is 4.22. The van der Waals surface area contributed by atoms with Gasteiger partial charge in [0.25, 0.3) is 0 Å². The summed E-state index contributed by atoms with van der Waals surface area (Å²) in [5.41, 5.74) is 0.141. The zero-order valence-electron chi connectivity index (χ0n) is 12.2. The highest BCUT2D eigenvalue weighted by Gasteiger charge is 2.40. The fraction of sp³-hybridized carbons (Fsp3) is 0.938. The van der Waals surface area contributed by atoms with E-state index in [9.17, 15) is 4.79 Å². The fourth-order valence-electron chi connectivity index (χ4n) is 4.22. The lowest BCUT2D eigenvalue weighted by Gasteiger charge is -2.45. The number of hydrogen-bond donors (Lipinski definition) is 2. The number of amides is 1. The van der Waals surface area contributed by atoms with E-state index < -0.39 is 0 Å². The molecule has 3 nitrogen and oxygen atoms in total. The third kappa shape index (κ3) is 2.67. The molecule has 0 spiro atoms. The Kier molecular flexibility index (Phi) is 3.84. The van der Waals surface area contributed by atoms with Gasteiger partial charge in [0.2, 0.25) is 5.91 Å². The van der Waals surface area contributed by atoms with Gasteiger partial charge >= 0.3 is 0 Å². The van der Waals surface area contributed by atoms with Crippen LogP contribution in [0.5, 0.6) is 0 Å². The molecule has 0 radical (unpaired) electrons. The van der Waals surface area contributed by atoms with E-state index in [0.717, 1.165) is 18.8 Å². The van der Waals surface area contributed by atoms with E-state index in [4.69, 9.17) is 0 Å². The van der Waals surface area contributed by atoms with Crippen LogP contribution in [-0.4, -0.2) is 23.5 Å². The molecule has 0 aromatic carbocycles. The SMILES string of the molecule is CCC1(NC(=O)C2CCC3CCCCC3N2)CCC1. The maximum Gasteiger partial charge on any atom is 0.237 e. The molecule has 2 saturated carbocycles. The monoisotopic (exact) mass is 264 g/mol. The molecule has 2 aliphatic carbocycles. The smallest absolute Gasteiger partial charge is 0.237 e. The van der Waals surface area contributed by atoms with Gasteiger partial charge in [0.1, 0.15) is 0 Å². The summed E-state index contributed by atoms with van der Waals surface area (Å²) in [6.07, 6.45) is 12.3. The van der Waals surface area contributed by atoms with Crippen molar-refractivity contribution in [2.45, 2.75) is 88.8 Å². The van der Waals surface area contributed by atoms with E-state index in [1.165, 1.54) is 51.4 Å². The number of carbonyl (C=O) groups excluding carboxylic acids is 1. The van der Waals surface area contributed by atoms with Gasteiger partial charge in [0, 0.05) is 11.6 Å². The number of piperidine rings is 1. The van der Waals surface area contributed by atoms with Crippen LogP contribution in [0.3, 0.4) is 0 Å². The standard InChI is InChI=1S/C16H28N2O/c1-2-16(10-5-11-16)18-15(19)14-9-8-12-6-3-4-7-13(12)17-14/h12-14,17H,2-11H2,1H3,(H,18,19). The molecule has 1 heterocycles. The van der Waals surface area contributed by atoms with E-state index >= 15 is 0 Å². The number of fused-ring (bicyclic) bond motifs is 1. The predicted octanol–water partition coefficient (Wildman–Crippen LogP) is 2.75. The minimum atomic E-state index is 0.0726. The first kappa shape index (κ1) is 13.4. The number of carbonyl (C=O) groups is 1. The van der Waals surface area contributed by atoms with Gasteiger partial charge in [-0.3, -0.25) is 4.79 Å². The number of rotatable bonds is 3. The average Bonchev–Trinajstić information content (AvgIpc) is 2.42. The molecule has 1 aliphatic heterocycles. The van der Waals surface area contributed by atoms with Crippen molar-refractivity contribution in [2.24, 2.45) is 5.92 Å². The molecule has 3 atom stereocenters. The maximum absolute atomic E-state index is 12.5. The Morgan fingerprint density at radius 1 is 1.16 bits per heavy atom. The molecule has 0 aromatic heterocycles. The molecule has 3 rings (SSSR count). The summed E-state index contributed by atoms with van der Waals surface area (Å²) in [5, 5.41) is 6.98. The van der Waals surface area contributed by atoms with E-state index in [-0.39, 0.29) is 17.5 Å². The first-order valence-corrected chi connectivity index (χ1v) is 8.30. The van der Waals surface area contributed by atoms with E-state index in [1.807, 2.05) is 0 Å². The predicted molar refractivity (Wildman–Crippen MR) is 76.9 cm³/mol. The zero-order valence-corrected chi connectivity index (χ0v) is 12.2. The molecular formula is C16H28N2O. The summed E-state index contributed by atoms with van der Waals surface area (Å²) < 4.78 is 0. The van der Waals surface area contributed by atoms with Gasteiger partial charge in [0.05, 0.1) is 6.04 Å². The van der Waals surface area contributed by atoms with Gasteiger partial charge < -0.3 is 10.6 Å². The molecule has 2 N–H and O–H groups in total. The summed E-state index contributed by atoms with van der Waals surface area (Å²) in [5.74, 6) is 1.10. The topological polar surface area (TPSA) is 41.1 Å². The van der Waals surface area contributed by atoms with Crippen molar-refractivity contribution in [1.82, 2.24) is 10.6 Å². The van der Waals surface area contributed by atoms with E-state index in [0.29, 0.717) is 6.04 Å². The largest absolute Gasteiger partial charge is 0.349 e. The van der Waals surface area contributed by atoms with Crippen molar-refractivity contribution >= 4 is 5.91 Å². The molecule has 1 saturated heterocycles. The van der Waals surface area contributed by atoms with Crippen LogP contribution in [0.2, 0.25) is 0 Å². The van der Waals surface area contributed by atoms with Crippen molar-refractivity contribution in [1.29, 1.82) is 0 Å². The van der Waals surface area contributed by atoms with E-state index in [2.05, 4.69) is 17.6 Å². The minimum absolute atomic E-state index is 0.0726. The van der Waals surface area contributed by atoms with E-state index in [1.54, 1.807) is 0 Å². The van der Waals surface area contributed by atoms with Crippen LogP contribution in [0.1, 0.15) is 71.1 Å². The molecule has 0 bridgehead atoms. The highest BCUT2D eigenvalue weighted by atomic mass is 16.2. The minimum Gasteiger partial charge on any atom is -0.349 e. The lowest BCUT2D eigenvalue weighted by atomic mass is 9.74. The molecule has 3 fully saturated rings. The Morgan fingerprint density at radius 3 is 2.63 bits per heavy atom. The summed E-state index contributed by atoms with van der Waals surface area (Å²) in [6, 6.07) is 0.681. The summed E-state index contributed by atoms with van der Waals surface area (Å²) in [6.45, 7) is 2.20. The molecule has 3 aliphatic rings. The highest BCUT2D eigenvalue weighted by molar-refractivity contribution is 5.82. The number of hydrogen-bond acceptors (Lipinski definition) is 2. The average molecular weight is 264 g/mol. The molecule has 19 heavy (non-hydrogen) atoms.